The highest BCUT2D eigenvalue weighted by atomic mass is 31.2. The van der Waals surface area contributed by atoms with Crippen LogP contribution in [-0.2, 0) is 55.8 Å². The second kappa shape index (κ2) is 96.3. The summed E-state index contributed by atoms with van der Waals surface area (Å²) in [6.07, 6.45) is 125. The molecule has 0 aliphatic heterocycles. The predicted molar refractivity (Wildman–Crippen MR) is 519 cm³/mol. The van der Waals surface area contributed by atoms with E-state index in [0.29, 0.717) is 19.3 Å². The number of aliphatic hydroxyl groups is 2. The molecule has 0 fully saturated rings. The fourth-order valence-corrected chi connectivity index (χ4v) is 15.3. The normalized spacial score (nSPS) is 14.4. The number of phosphoric ester groups is 2. The van der Waals surface area contributed by atoms with Crippen LogP contribution in [0, 0.1) is 0 Å². The number of rotatable bonds is 94. The molecule has 0 aliphatic rings. The van der Waals surface area contributed by atoms with E-state index in [1.807, 2.05) is 0 Å². The van der Waals surface area contributed by atoms with Crippen molar-refractivity contribution in [2.45, 2.75) is 450 Å². The minimum atomic E-state index is -4.95. The van der Waals surface area contributed by atoms with Crippen molar-refractivity contribution in [2.75, 3.05) is 39.6 Å². The Kier molecular flexibility index (Phi) is 92.5. The van der Waals surface area contributed by atoms with E-state index in [1.54, 1.807) is 0 Å². The molecule has 0 saturated heterocycles. The smallest absolute Gasteiger partial charge is 0.463 e. The van der Waals surface area contributed by atoms with Gasteiger partial charge in [0.25, 0.3) is 0 Å². The second-order valence-corrected chi connectivity index (χ2v) is 36.1. The summed E-state index contributed by atoms with van der Waals surface area (Å²) in [5.41, 5.74) is 0. The number of allylic oxidation sites excluding steroid dienone is 26. The van der Waals surface area contributed by atoms with E-state index in [2.05, 4.69) is 179 Å². The average Bonchev–Trinajstić information content (AvgIpc) is 0.897. The lowest BCUT2D eigenvalue weighted by Gasteiger charge is -2.21. The van der Waals surface area contributed by atoms with E-state index < -0.39 is 91.5 Å². The standard InChI is InChI=1S/C105H182O16P2/c1-4-7-10-13-16-19-22-25-28-31-33-35-37-39-41-43-45-47-49-51-53-55-57-59-61-63-65-68-70-73-76-79-82-85-88-91-103(108)115-94-100(106)95-117-122(111,112)118-96-101(107)97-119-123(113,114)120-99-102(121-105(110)93-90-87-84-81-78-75-72-67-30-27-24-21-18-15-12-9-6-3)98-116-104(109)92-89-86-83-80-77-74-71-69-66-64-62-60-58-56-54-52-50-48-46-44-42-40-38-36-34-32-29-26-23-20-17-14-11-8-5-2/h7,9-10,12,16-21,25-30,33-36,39-42,72,75,100-102,106-107H,4-6,8,11,13-15,22-24,31-32,37-38,43-71,73-74,76-99H2,1-3H3,(H,111,112)(H,113,114)/b10-7-,12-9-,19-16-,20-17-,21-18-,28-25-,29-26-,30-27-,35-33-,36-34-,41-39-,42-40-,75-72-. The molecule has 5 atom stereocenters. The first-order chi connectivity index (χ1) is 60.2. The maximum absolute atomic E-state index is 13.1. The molecule has 5 unspecified atom stereocenters. The highest BCUT2D eigenvalue weighted by molar-refractivity contribution is 7.47. The maximum Gasteiger partial charge on any atom is 0.472 e. The SMILES string of the molecule is CC/C=C\C/C=C\C/C=C\C/C=C\C/C=C\CCCCCCCCCCCCCCCCCCCCCC(=O)OCC(O)COP(=O)(O)OCC(O)COP(=O)(O)OCC(COC(=O)CCCCCCCCCCCCCCCCCCCCC/C=C\C/C=C\C/C=C\C/C=C\CCCCC)OC(=O)CCCCCC/C=C\C/C=C\C/C=C\C/C=C\CC. The number of esters is 3. The van der Waals surface area contributed by atoms with Gasteiger partial charge < -0.3 is 34.2 Å². The van der Waals surface area contributed by atoms with Crippen LogP contribution in [0.2, 0.25) is 0 Å². The Bertz CT molecular complexity index is 2870. The van der Waals surface area contributed by atoms with Gasteiger partial charge in [-0.15, -0.1) is 0 Å². The number of unbranched alkanes of at least 4 members (excludes halogenated alkanes) is 45. The molecule has 0 rings (SSSR count). The molecular formula is C105H182O16P2. The van der Waals surface area contributed by atoms with Gasteiger partial charge >= 0.3 is 33.6 Å². The lowest BCUT2D eigenvalue weighted by atomic mass is 10.0. The van der Waals surface area contributed by atoms with Crippen LogP contribution in [0.15, 0.2) is 158 Å². The van der Waals surface area contributed by atoms with E-state index in [-0.39, 0.29) is 19.3 Å². The number of hydrogen-bond donors (Lipinski definition) is 4. The molecule has 0 aromatic heterocycles. The molecule has 16 nitrogen and oxygen atoms in total. The quantitative estimate of drug-likeness (QED) is 0.0146. The van der Waals surface area contributed by atoms with E-state index in [1.165, 1.54) is 231 Å². The van der Waals surface area contributed by atoms with Gasteiger partial charge in [0.2, 0.25) is 0 Å². The fraction of sp³-hybridized carbons (Fsp3) is 0.724. The van der Waals surface area contributed by atoms with Gasteiger partial charge in [-0.1, -0.05) is 423 Å². The van der Waals surface area contributed by atoms with Gasteiger partial charge in [-0.3, -0.25) is 32.5 Å². The summed E-state index contributed by atoms with van der Waals surface area (Å²) in [4.78, 5) is 59.0. The van der Waals surface area contributed by atoms with Crippen molar-refractivity contribution in [1.82, 2.24) is 0 Å². The van der Waals surface area contributed by atoms with Crippen LogP contribution in [0.1, 0.15) is 432 Å². The topological polar surface area (TPSA) is 231 Å². The van der Waals surface area contributed by atoms with Crippen LogP contribution < -0.4 is 0 Å². The Morgan fingerprint density at radius 1 is 0.236 bits per heavy atom. The fourth-order valence-electron chi connectivity index (χ4n) is 13.8. The number of carbonyl (C=O) groups excluding carboxylic acids is 3. The predicted octanol–water partition coefficient (Wildman–Crippen LogP) is 31.2. The third kappa shape index (κ3) is 97.6. The van der Waals surface area contributed by atoms with Gasteiger partial charge in [-0.2, -0.15) is 0 Å². The number of carbonyl (C=O) groups is 3. The Hall–Kier alpha value is -4.83. The number of phosphoric acid groups is 2. The molecule has 0 radical (unpaired) electrons. The van der Waals surface area contributed by atoms with Crippen LogP contribution in [-0.4, -0.2) is 95.9 Å². The van der Waals surface area contributed by atoms with Crippen LogP contribution in [0.3, 0.4) is 0 Å². The van der Waals surface area contributed by atoms with Crippen molar-refractivity contribution in [3.8, 4) is 0 Å². The zero-order chi connectivity index (χ0) is 89.3. The molecule has 0 aliphatic carbocycles. The zero-order valence-electron chi connectivity index (χ0n) is 78.3. The zero-order valence-corrected chi connectivity index (χ0v) is 80.1. The van der Waals surface area contributed by atoms with Crippen LogP contribution in [0.5, 0.6) is 0 Å². The molecule has 123 heavy (non-hydrogen) atoms. The highest BCUT2D eigenvalue weighted by Crippen LogP contribution is 2.45. The Balaban J connectivity index is 4.44. The summed E-state index contributed by atoms with van der Waals surface area (Å²) in [6.45, 7) is 2.46. The monoisotopic (exact) mass is 1760 g/mol. The number of ether oxygens (including phenoxy) is 3. The number of aliphatic hydroxyl groups excluding tert-OH is 2. The van der Waals surface area contributed by atoms with Gasteiger partial charge in [-0.25, -0.2) is 9.13 Å². The molecule has 708 valence electrons. The largest absolute Gasteiger partial charge is 0.472 e. The van der Waals surface area contributed by atoms with Crippen molar-refractivity contribution in [3.05, 3.63) is 158 Å². The first kappa shape index (κ1) is 118. The van der Waals surface area contributed by atoms with Gasteiger partial charge in [0, 0.05) is 19.3 Å². The van der Waals surface area contributed by atoms with Crippen molar-refractivity contribution < 1.29 is 75.8 Å². The van der Waals surface area contributed by atoms with Crippen molar-refractivity contribution in [1.29, 1.82) is 0 Å². The molecule has 18 heteroatoms. The molecule has 0 amide bonds. The summed E-state index contributed by atoms with van der Waals surface area (Å²) < 4.78 is 61.5. The lowest BCUT2D eigenvalue weighted by Crippen LogP contribution is -2.30. The van der Waals surface area contributed by atoms with Gasteiger partial charge in [-0.05, 0) is 148 Å². The molecule has 0 saturated carbocycles. The highest BCUT2D eigenvalue weighted by Gasteiger charge is 2.30. The molecule has 0 spiro atoms. The lowest BCUT2D eigenvalue weighted by molar-refractivity contribution is -0.161. The molecule has 0 aromatic carbocycles. The van der Waals surface area contributed by atoms with E-state index >= 15 is 0 Å². The number of hydrogen-bond acceptors (Lipinski definition) is 14. The third-order valence-corrected chi connectivity index (χ3v) is 23.1. The Morgan fingerprint density at radius 3 is 0.683 bits per heavy atom. The summed E-state index contributed by atoms with van der Waals surface area (Å²) >= 11 is 0. The molecule has 0 bridgehead atoms. The first-order valence-electron chi connectivity index (χ1n) is 49.8. The summed E-state index contributed by atoms with van der Waals surface area (Å²) in [6, 6.07) is 0. The molecular weight excluding hydrogens is 1580 g/mol. The van der Waals surface area contributed by atoms with Crippen LogP contribution in [0.25, 0.3) is 0 Å². The van der Waals surface area contributed by atoms with Crippen molar-refractivity contribution in [3.63, 3.8) is 0 Å². The van der Waals surface area contributed by atoms with Crippen LogP contribution in [0.4, 0.5) is 0 Å². The first-order valence-corrected chi connectivity index (χ1v) is 52.8. The van der Waals surface area contributed by atoms with Crippen molar-refractivity contribution >= 4 is 33.6 Å². The molecule has 4 N–H and O–H groups in total. The Morgan fingerprint density at radius 2 is 0.431 bits per heavy atom. The molecule has 0 heterocycles. The summed E-state index contributed by atoms with van der Waals surface area (Å²) in [5.74, 6) is -1.59. The summed E-state index contributed by atoms with van der Waals surface area (Å²) in [7, 11) is -9.82. The van der Waals surface area contributed by atoms with Crippen LogP contribution >= 0.6 is 15.6 Å². The summed E-state index contributed by atoms with van der Waals surface area (Å²) in [5, 5.41) is 20.8. The Labute approximate surface area is 752 Å². The third-order valence-electron chi connectivity index (χ3n) is 21.2. The molecule has 0 aromatic rings. The van der Waals surface area contributed by atoms with Gasteiger partial charge in [0.05, 0.1) is 26.4 Å². The average molecular weight is 1760 g/mol. The maximum atomic E-state index is 13.1. The van der Waals surface area contributed by atoms with E-state index in [9.17, 15) is 43.5 Å². The van der Waals surface area contributed by atoms with E-state index in [4.69, 9.17) is 32.3 Å². The van der Waals surface area contributed by atoms with Gasteiger partial charge in [0.15, 0.2) is 6.10 Å². The van der Waals surface area contributed by atoms with Gasteiger partial charge in [0.1, 0.15) is 25.4 Å². The minimum absolute atomic E-state index is 0.0758. The van der Waals surface area contributed by atoms with Crippen molar-refractivity contribution in [2.24, 2.45) is 0 Å². The van der Waals surface area contributed by atoms with E-state index in [0.717, 1.165) is 141 Å². The second-order valence-electron chi connectivity index (χ2n) is 33.2. The minimum Gasteiger partial charge on any atom is -0.463 e.